The van der Waals surface area contributed by atoms with Crippen LogP contribution in [0, 0.1) is 5.82 Å². The Balaban J connectivity index is 1.88. The van der Waals surface area contributed by atoms with Crippen molar-refractivity contribution in [1.29, 1.82) is 0 Å². The van der Waals surface area contributed by atoms with Gasteiger partial charge in [-0.05, 0) is 52.0 Å². The van der Waals surface area contributed by atoms with Crippen LogP contribution in [0.25, 0.3) is 0 Å². The molecule has 0 bridgehead atoms. The number of likely N-dealkylation sites (tertiary alicyclic amines) is 1. The molecular weight excluding hydrogens is 217 g/mol. The van der Waals surface area contributed by atoms with E-state index in [1.807, 2.05) is 0 Å². The van der Waals surface area contributed by atoms with Crippen molar-refractivity contribution in [2.24, 2.45) is 0 Å². The first-order valence-corrected chi connectivity index (χ1v) is 6.21. The summed E-state index contributed by atoms with van der Waals surface area (Å²) in [5.74, 6) is -0.278. The van der Waals surface area contributed by atoms with Crippen LogP contribution in [0.15, 0.2) is 18.3 Å². The quantitative estimate of drug-likeness (QED) is 0.871. The Bertz CT molecular complexity index is 344. The molecule has 0 radical (unpaired) electrons. The summed E-state index contributed by atoms with van der Waals surface area (Å²) in [7, 11) is 2.15. The number of nitrogens with one attached hydrogen (secondary N) is 1. The van der Waals surface area contributed by atoms with E-state index < -0.39 is 0 Å². The second kappa shape index (κ2) is 5.56. The summed E-state index contributed by atoms with van der Waals surface area (Å²) < 4.78 is 12.8. The van der Waals surface area contributed by atoms with E-state index in [0.29, 0.717) is 6.04 Å². The van der Waals surface area contributed by atoms with Crippen LogP contribution in [0.2, 0.25) is 0 Å². The highest BCUT2D eigenvalue weighted by Crippen LogP contribution is 2.15. The number of nitrogens with zero attached hydrogens (tertiary/aromatic N) is 2. The number of piperidine rings is 1. The molecule has 0 spiro atoms. The van der Waals surface area contributed by atoms with Gasteiger partial charge < -0.3 is 10.2 Å². The number of hydrogen-bond donors (Lipinski definition) is 1. The first kappa shape index (κ1) is 12.5. The standard InChI is InChI=1S/C13H20FN3/c1-10(13-4-3-11(14)9-15-13)16-12-5-7-17(2)8-6-12/h3-4,9-10,12,16H,5-8H2,1-2H3. The fourth-order valence-corrected chi connectivity index (χ4v) is 2.26. The molecule has 1 N–H and O–H groups in total. The van der Waals surface area contributed by atoms with Gasteiger partial charge in [0, 0.05) is 12.1 Å². The van der Waals surface area contributed by atoms with Crippen LogP contribution in [-0.4, -0.2) is 36.1 Å². The molecule has 0 amide bonds. The van der Waals surface area contributed by atoms with Crippen molar-refractivity contribution >= 4 is 0 Å². The molecule has 17 heavy (non-hydrogen) atoms. The zero-order chi connectivity index (χ0) is 12.3. The van der Waals surface area contributed by atoms with Crippen LogP contribution in [0.1, 0.15) is 31.5 Å². The van der Waals surface area contributed by atoms with E-state index in [1.54, 1.807) is 6.07 Å². The Morgan fingerprint density at radius 2 is 2.12 bits per heavy atom. The van der Waals surface area contributed by atoms with E-state index >= 15 is 0 Å². The van der Waals surface area contributed by atoms with Gasteiger partial charge in [-0.2, -0.15) is 0 Å². The molecule has 1 saturated heterocycles. The average molecular weight is 237 g/mol. The van der Waals surface area contributed by atoms with Crippen LogP contribution in [-0.2, 0) is 0 Å². The third-order valence-corrected chi connectivity index (χ3v) is 3.40. The minimum absolute atomic E-state index is 0.184. The molecule has 3 nitrogen and oxygen atoms in total. The Kier molecular flexibility index (Phi) is 4.07. The van der Waals surface area contributed by atoms with Gasteiger partial charge in [-0.1, -0.05) is 0 Å². The first-order valence-electron chi connectivity index (χ1n) is 6.21. The van der Waals surface area contributed by atoms with Gasteiger partial charge >= 0.3 is 0 Å². The molecule has 1 fully saturated rings. The summed E-state index contributed by atoms with van der Waals surface area (Å²) in [5, 5.41) is 3.56. The Morgan fingerprint density at radius 3 is 2.71 bits per heavy atom. The summed E-state index contributed by atoms with van der Waals surface area (Å²) in [6.07, 6.45) is 3.62. The number of rotatable bonds is 3. The van der Waals surface area contributed by atoms with E-state index in [2.05, 4.69) is 29.2 Å². The maximum Gasteiger partial charge on any atom is 0.141 e. The number of hydrogen-bond acceptors (Lipinski definition) is 3. The minimum Gasteiger partial charge on any atom is -0.306 e. The third kappa shape index (κ3) is 3.48. The fraction of sp³-hybridized carbons (Fsp3) is 0.615. The molecular formula is C13H20FN3. The monoisotopic (exact) mass is 237 g/mol. The van der Waals surface area contributed by atoms with Gasteiger partial charge in [-0.3, -0.25) is 4.98 Å². The fourth-order valence-electron chi connectivity index (χ4n) is 2.26. The first-order chi connectivity index (χ1) is 8.15. The molecule has 4 heteroatoms. The summed E-state index contributed by atoms with van der Waals surface area (Å²) >= 11 is 0. The van der Waals surface area contributed by atoms with Gasteiger partial charge in [0.1, 0.15) is 5.82 Å². The number of pyridine rings is 1. The van der Waals surface area contributed by atoms with Crippen molar-refractivity contribution in [3.05, 3.63) is 29.8 Å². The van der Waals surface area contributed by atoms with Gasteiger partial charge in [0.25, 0.3) is 0 Å². The second-order valence-corrected chi connectivity index (χ2v) is 4.87. The maximum atomic E-state index is 12.8. The summed E-state index contributed by atoms with van der Waals surface area (Å²) in [6, 6.07) is 3.95. The van der Waals surface area contributed by atoms with E-state index in [0.717, 1.165) is 18.8 Å². The SMILES string of the molecule is CC(NC1CCN(C)CC1)c1ccc(F)cn1. The van der Waals surface area contributed by atoms with Gasteiger partial charge in [0.05, 0.1) is 11.9 Å². The minimum atomic E-state index is -0.278. The van der Waals surface area contributed by atoms with E-state index in [9.17, 15) is 4.39 Å². The highest BCUT2D eigenvalue weighted by Gasteiger charge is 2.19. The maximum absolute atomic E-state index is 12.8. The highest BCUT2D eigenvalue weighted by atomic mass is 19.1. The zero-order valence-electron chi connectivity index (χ0n) is 10.5. The average Bonchev–Trinajstić information content (AvgIpc) is 2.33. The van der Waals surface area contributed by atoms with Crippen molar-refractivity contribution in [2.75, 3.05) is 20.1 Å². The van der Waals surface area contributed by atoms with Crippen molar-refractivity contribution in [1.82, 2.24) is 15.2 Å². The van der Waals surface area contributed by atoms with Crippen LogP contribution < -0.4 is 5.32 Å². The van der Waals surface area contributed by atoms with Gasteiger partial charge in [0.15, 0.2) is 0 Å². The van der Waals surface area contributed by atoms with Crippen LogP contribution in [0.5, 0.6) is 0 Å². The predicted molar refractivity (Wildman–Crippen MR) is 66.3 cm³/mol. The molecule has 0 saturated carbocycles. The number of aromatic nitrogens is 1. The zero-order valence-corrected chi connectivity index (χ0v) is 10.5. The lowest BCUT2D eigenvalue weighted by Gasteiger charge is -2.31. The van der Waals surface area contributed by atoms with Gasteiger partial charge in [-0.15, -0.1) is 0 Å². The molecule has 2 heterocycles. The molecule has 0 aliphatic carbocycles. The van der Waals surface area contributed by atoms with E-state index in [4.69, 9.17) is 0 Å². The summed E-state index contributed by atoms with van der Waals surface area (Å²) in [5.41, 5.74) is 0.908. The largest absolute Gasteiger partial charge is 0.306 e. The predicted octanol–water partition coefficient (Wildman–Crippen LogP) is 1.97. The molecule has 2 rings (SSSR count). The van der Waals surface area contributed by atoms with Gasteiger partial charge in [0.2, 0.25) is 0 Å². The van der Waals surface area contributed by atoms with E-state index in [-0.39, 0.29) is 11.9 Å². The Hall–Kier alpha value is -1.00. The second-order valence-electron chi connectivity index (χ2n) is 4.87. The Morgan fingerprint density at radius 1 is 1.41 bits per heavy atom. The van der Waals surface area contributed by atoms with Crippen LogP contribution in [0.3, 0.4) is 0 Å². The summed E-state index contributed by atoms with van der Waals surface area (Å²) in [4.78, 5) is 6.46. The molecule has 1 aromatic rings. The summed E-state index contributed by atoms with van der Waals surface area (Å²) in [6.45, 7) is 4.36. The lowest BCUT2D eigenvalue weighted by Crippen LogP contribution is -2.41. The van der Waals surface area contributed by atoms with Gasteiger partial charge in [-0.25, -0.2) is 4.39 Å². The molecule has 0 aromatic carbocycles. The number of halogens is 1. The lowest BCUT2D eigenvalue weighted by molar-refractivity contribution is 0.226. The Labute approximate surface area is 102 Å². The lowest BCUT2D eigenvalue weighted by atomic mass is 10.0. The van der Waals surface area contributed by atoms with Crippen LogP contribution >= 0.6 is 0 Å². The molecule has 94 valence electrons. The van der Waals surface area contributed by atoms with Crippen molar-refractivity contribution in [3.8, 4) is 0 Å². The molecule has 1 aliphatic rings. The molecule has 1 atom stereocenters. The van der Waals surface area contributed by atoms with Crippen molar-refractivity contribution in [3.63, 3.8) is 0 Å². The topological polar surface area (TPSA) is 28.2 Å². The smallest absolute Gasteiger partial charge is 0.141 e. The molecule has 1 unspecified atom stereocenters. The van der Waals surface area contributed by atoms with Crippen molar-refractivity contribution in [2.45, 2.75) is 31.8 Å². The molecule has 1 aromatic heterocycles. The third-order valence-electron chi connectivity index (χ3n) is 3.40. The van der Waals surface area contributed by atoms with Crippen LogP contribution in [0.4, 0.5) is 4.39 Å². The van der Waals surface area contributed by atoms with E-state index in [1.165, 1.54) is 25.1 Å². The normalized spacial score (nSPS) is 20.4. The van der Waals surface area contributed by atoms with Crippen molar-refractivity contribution < 1.29 is 4.39 Å². The molecule has 1 aliphatic heterocycles. The highest BCUT2D eigenvalue weighted by molar-refractivity contribution is 5.09.